The highest BCUT2D eigenvalue weighted by molar-refractivity contribution is 6.06. The molecule has 0 radical (unpaired) electrons. The SMILES string of the molecule is N#Cc1ccc2cc1Oc1cnc3cccc(c3c1)N1CC[C@H](NCc3cncn3C2)C1=O. The second kappa shape index (κ2) is 7.73. The molecule has 0 saturated carbocycles. The molecule has 6 rings (SSSR count). The van der Waals surface area contributed by atoms with Crippen molar-refractivity contribution in [2.24, 2.45) is 0 Å². The Morgan fingerprint density at radius 2 is 2.12 bits per heavy atom. The molecular formula is C25H20N6O2. The lowest BCUT2D eigenvalue weighted by Gasteiger charge is -2.20. The Hall–Kier alpha value is -4.22. The summed E-state index contributed by atoms with van der Waals surface area (Å²) < 4.78 is 8.18. The van der Waals surface area contributed by atoms with E-state index in [-0.39, 0.29) is 11.9 Å². The molecule has 2 aromatic heterocycles. The number of aromatic nitrogens is 3. The quantitative estimate of drug-likeness (QED) is 0.454. The fraction of sp³-hybridized carbons (Fsp3) is 0.200. The van der Waals surface area contributed by atoms with Crippen LogP contribution in [0.4, 0.5) is 5.69 Å². The maximum atomic E-state index is 13.3. The molecule has 33 heavy (non-hydrogen) atoms. The van der Waals surface area contributed by atoms with Gasteiger partial charge in [0.2, 0.25) is 5.91 Å². The second-order valence-electron chi connectivity index (χ2n) is 8.28. The Bertz CT molecular complexity index is 1440. The Morgan fingerprint density at radius 3 is 3.03 bits per heavy atom. The van der Waals surface area contributed by atoms with Gasteiger partial charge in [0.1, 0.15) is 17.6 Å². The molecule has 8 nitrogen and oxygen atoms in total. The van der Waals surface area contributed by atoms with Gasteiger partial charge in [-0.25, -0.2) is 4.98 Å². The average Bonchev–Trinajstić information content (AvgIpc) is 3.43. The first kappa shape index (κ1) is 19.5. The van der Waals surface area contributed by atoms with Crippen LogP contribution < -0.4 is 15.0 Å². The molecule has 1 saturated heterocycles. The van der Waals surface area contributed by atoms with E-state index in [1.54, 1.807) is 18.6 Å². The molecule has 2 aromatic carbocycles. The molecule has 8 heteroatoms. The summed E-state index contributed by atoms with van der Waals surface area (Å²) in [7, 11) is 0. The summed E-state index contributed by atoms with van der Waals surface area (Å²) in [6.45, 7) is 1.73. The van der Waals surface area contributed by atoms with Gasteiger partial charge in [0, 0.05) is 31.2 Å². The number of carbonyl (C=O) groups is 1. The summed E-state index contributed by atoms with van der Waals surface area (Å²) in [6.07, 6.45) is 5.95. The zero-order valence-electron chi connectivity index (χ0n) is 17.7. The van der Waals surface area contributed by atoms with Gasteiger partial charge in [0.15, 0.2) is 0 Å². The fourth-order valence-electron chi connectivity index (χ4n) is 4.55. The van der Waals surface area contributed by atoms with Crippen LogP contribution in [-0.2, 0) is 17.9 Å². The van der Waals surface area contributed by atoms with E-state index in [9.17, 15) is 10.1 Å². The van der Waals surface area contributed by atoms with Gasteiger partial charge in [-0.2, -0.15) is 5.26 Å². The van der Waals surface area contributed by atoms with Crippen molar-refractivity contribution in [3.8, 4) is 17.6 Å². The number of fused-ring (bicyclic) bond motifs is 7. The van der Waals surface area contributed by atoms with Gasteiger partial charge in [0.25, 0.3) is 0 Å². The molecule has 6 bridgehead atoms. The molecule has 0 spiro atoms. The third-order valence-electron chi connectivity index (χ3n) is 6.25. The minimum Gasteiger partial charge on any atom is -0.454 e. The minimum absolute atomic E-state index is 0.0453. The van der Waals surface area contributed by atoms with Gasteiger partial charge in [-0.1, -0.05) is 12.1 Å². The number of hydrogen-bond donors (Lipinski definition) is 1. The predicted molar refractivity (Wildman–Crippen MR) is 122 cm³/mol. The van der Waals surface area contributed by atoms with E-state index in [4.69, 9.17) is 4.74 Å². The summed E-state index contributed by atoms with van der Waals surface area (Å²) >= 11 is 0. The van der Waals surface area contributed by atoms with Crippen molar-refractivity contribution >= 4 is 22.5 Å². The summed E-state index contributed by atoms with van der Waals surface area (Å²) in [6, 6.07) is 15.2. The molecule has 4 aromatic rings. The Kier molecular flexibility index (Phi) is 4.56. The lowest BCUT2D eigenvalue weighted by molar-refractivity contribution is -0.118. The summed E-state index contributed by atoms with van der Waals surface area (Å²) in [4.78, 5) is 23.9. The molecule has 1 fully saturated rings. The van der Waals surface area contributed by atoms with E-state index in [2.05, 4.69) is 21.4 Å². The predicted octanol–water partition coefficient (Wildman–Crippen LogP) is 3.35. The van der Waals surface area contributed by atoms with E-state index < -0.39 is 0 Å². The number of amides is 1. The molecule has 1 atom stereocenters. The van der Waals surface area contributed by atoms with Crippen LogP contribution in [0.5, 0.6) is 11.5 Å². The van der Waals surface area contributed by atoms with Crippen molar-refractivity contribution in [3.05, 3.63) is 78.0 Å². The minimum atomic E-state index is -0.259. The zero-order valence-corrected chi connectivity index (χ0v) is 17.7. The van der Waals surface area contributed by atoms with Crippen LogP contribution in [0.15, 0.2) is 61.2 Å². The molecule has 0 aliphatic carbocycles. The van der Waals surface area contributed by atoms with Crippen molar-refractivity contribution in [2.45, 2.75) is 25.6 Å². The number of pyridine rings is 1. The van der Waals surface area contributed by atoms with E-state index in [0.717, 1.165) is 34.3 Å². The number of hydrogen-bond acceptors (Lipinski definition) is 6. The maximum absolute atomic E-state index is 13.3. The number of nitriles is 1. The number of benzene rings is 2. The second-order valence-corrected chi connectivity index (χ2v) is 8.28. The van der Waals surface area contributed by atoms with Crippen LogP contribution in [0.1, 0.15) is 23.2 Å². The van der Waals surface area contributed by atoms with Crippen molar-refractivity contribution in [3.63, 3.8) is 0 Å². The average molecular weight is 436 g/mol. The molecule has 0 unspecified atom stereocenters. The highest BCUT2D eigenvalue weighted by Gasteiger charge is 2.33. The highest BCUT2D eigenvalue weighted by Crippen LogP contribution is 2.34. The van der Waals surface area contributed by atoms with Crippen LogP contribution in [0.25, 0.3) is 10.9 Å². The van der Waals surface area contributed by atoms with Crippen molar-refractivity contribution in [1.29, 1.82) is 5.26 Å². The summed E-state index contributed by atoms with van der Waals surface area (Å²) in [5.74, 6) is 1.03. The summed E-state index contributed by atoms with van der Waals surface area (Å²) in [5.41, 5.74) is 4.00. The first-order valence-electron chi connectivity index (χ1n) is 10.8. The molecule has 2 aliphatic rings. The molecule has 162 valence electrons. The third-order valence-corrected chi connectivity index (χ3v) is 6.25. The number of anilines is 1. The van der Waals surface area contributed by atoms with E-state index in [1.807, 2.05) is 52.1 Å². The van der Waals surface area contributed by atoms with Crippen LogP contribution in [0.2, 0.25) is 0 Å². The van der Waals surface area contributed by atoms with Gasteiger partial charge >= 0.3 is 0 Å². The lowest BCUT2D eigenvalue weighted by Crippen LogP contribution is -2.38. The summed E-state index contributed by atoms with van der Waals surface area (Å²) in [5, 5.41) is 13.9. The van der Waals surface area contributed by atoms with Crippen LogP contribution >= 0.6 is 0 Å². The Morgan fingerprint density at radius 1 is 1.18 bits per heavy atom. The van der Waals surface area contributed by atoms with Crippen LogP contribution in [0, 0.1) is 11.3 Å². The first-order chi connectivity index (χ1) is 16.2. The van der Waals surface area contributed by atoms with Crippen molar-refractivity contribution in [2.75, 3.05) is 11.4 Å². The number of imidazole rings is 1. The molecule has 1 N–H and O–H groups in total. The molecule has 4 heterocycles. The van der Waals surface area contributed by atoms with Crippen LogP contribution in [-0.4, -0.2) is 33.0 Å². The first-order valence-corrected chi connectivity index (χ1v) is 10.8. The van der Waals surface area contributed by atoms with Gasteiger partial charge in [-0.15, -0.1) is 0 Å². The number of ether oxygens (including phenoxy) is 1. The van der Waals surface area contributed by atoms with Crippen molar-refractivity contribution < 1.29 is 9.53 Å². The smallest absolute Gasteiger partial charge is 0.244 e. The number of rotatable bonds is 0. The number of carbonyl (C=O) groups excluding carboxylic acids is 1. The Labute approximate surface area is 190 Å². The van der Waals surface area contributed by atoms with E-state index in [0.29, 0.717) is 36.7 Å². The lowest BCUT2D eigenvalue weighted by atomic mass is 10.1. The number of nitrogens with one attached hydrogen (secondary N) is 1. The van der Waals surface area contributed by atoms with Gasteiger partial charge < -0.3 is 19.5 Å². The zero-order chi connectivity index (χ0) is 22.4. The standard InChI is InChI=1S/C25H20N6O2/c26-10-17-5-4-16-8-24(17)33-19-9-20-21(29-13-19)2-1-3-23(20)31-7-6-22(25(31)32)28-12-18-11-27-15-30(18)14-16/h1-5,8-9,11,13,15,22,28H,6-7,12,14H2/t22-/m0/s1. The van der Waals surface area contributed by atoms with Gasteiger partial charge in [0.05, 0.1) is 41.0 Å². The van der Waals surface area contributed by atoms with E-state index >= 15 is 0 Å². The Balaban J connectivity index is 1.51. The van der Waals surface area contributed by atoms with Crippen molar-refractivity contribution in [1.82, 2.24) is 19.9 Å². The van der Waals surface area contributed by atoms with Gasteiger partial charge in [-0.05, 0) is 42.3 Å². The molecular weight excluding hydrogens is 416 g/mol. The number of nitrogens with zero attached hydrogens (tertiary/aromatic N) is 5. The van der Waals surface area contributed by atoms with E-state index in [1.165, 1.54) is 0 Å². The monoisotopic (exact) mass is 436 g/mol. The normalized spacial score (nSPS) is 17.6. The topological polar surface area (TPSA) is 96.1 Å². The molecule has 1 amide bonds. The van der Waals surface area contributed by atoms with Crippen LogP contribution in [0.3, 0.4) is 0 Å². The largest absolute Gasteiger partial charge is 0.454 e. The van der Waals surface area contributed by atoms with Gasteiger partial charge in [-0.3, -0.25) is 9.78 Å². The fourth-order valence-corrected chi connectivity index (χ4v) is 4.55. The highest BCUT2D eigenvalue weighted by atomic mass is 16.5. The maximum Gasteiger partial charge on any atom is 0.244 e. The third kappa shape index (κ3) is 3.39. The molecule has 2 aliphatic heterocycles.